The normalized spacial score (nSPS) is 18.5. The smallest absolute Gasteiger partial charge is 0.325 e. The van der Waals surface area contributed by atoms with Gasteiger partial charge in [0.05, 0.1) is 0 Å². The van der Waals surface area contributed by atoms with Crippen LogP contribution in [0.15, 0.2) is 24.3 Å². The minimum absolute atomic E-state index is 0.0355. The summed E-state index contributed by atoms with van der Waals surface area (Å²) in [5.74, 6) is 1.64. The average Bonchev–Trinajstić information content (AvgIpc) is 2.56. The van der Waals surface area contributed by atoms with Crippen LogP contribution in [0.25, 0.3) is 0 Å². The van der Waals surface area contributed by atoms with Crippen molar-refractivity contribution in [3.63, 3.8) is 0 Å². The molecule has 1 heterocycles. The van der Waals surface area contributed by atoms with Crippen LogP contribution in [0.1, 0.15) is 23.7 Å². The highest BCUT2D eigenvalue weighted by atomic mass is 32.2. The molecular weight excluding hydrogens is 348 g/mol. The Morgan fingerprint density at radius 1 is 1.25 bits per heavy atom. The van der Waals surface area contributed by atoms with E-state index in [1.54, 1.807) is 24.3 Å². The van der Waals surface area contributed by atoms with Gasteiger partial charge >= 0.3 is 5.97 Å². The Bertz CT molecular complexity index is 601. The number of carbonyl (C=O) groups is 3. The summed E-state index contributed by atoms with van der Waals surface area (Å²) in [5.41, 5.74) is 0.969. The number of rotatable bonds is 6. The van der Waals surface area contributed by atoms with Crippen LogP contribution >= 0.6 is 23.5 Å². The Morgan fingerprint density at radius 2 is 1.96 bits per heavy atom. The van der Waals surface area contributed by atoms with Crippen LogP contribution in [0.2, 0.25) is 0 Å². The van der Waals surface area contributed by atoms with Crippen LogP contribution < -0.4 is 10.6 Å². The molecule has 2 rings (SSSR count). The van der Waals surface area contributed by atoms with Gasteiger partial charge in [0.1, 0.15) is 6.04 Å². The van der Waals surface area contributed by atoms with Gasteiger partial charge in [-0.25, -0.2) is 0 Å². The molecule has 0 saturated carbocycles. The number of carboxylic acids is 1. The van der Waals surface area contributed by atoms with Crippen molar-refractivity contribution in [3.05, 3.63) is 29.8 Å². The molecule has 6 nitrogen and oxygen atoms in total. The summed E-state index contributed by atoms with van der Waals surface area (Å²) in [6.07, 6.45) is 0.482. The lowest BCUT2D eigenvalue weighted by Crippen LogP contribution is -2.38. The lowest BCUT2D eigenvalue weighted by molar-refractivity contribution is -0.138. The summed E-state index contributed by atoms with van der Waals surface area (Å²) in [4.78, 5) is 34.7. The highest BCUT2D eigenvalue weighted by Gasteiger charge is 2.18. The maximum Gasteiger partial charge on any atom is 0.325 e. The van der Waals surface area contributed by atoms with E-state index in [1.807, 2.05) is 23.5 Å². The first-order chi connectivity index (χ1) is 11.5. The maximum atomic E-state index is 12.0. The zero-order valence-electron chi connectivity index (χ0n) is 13.3. The molecule has 0 aliphatic carbocycles. The van der Waals surface area contributed by atoms with E-state index in [0.717, 1.165) is 17.3 Å². The highest BCUT2D eigenvalue weighted by Crippen LogP contribution is 2.26. The molecule has 1 aromatic carbocycles. The van der Waals surface area contributed by atoms with E-state index in [0.29, 0.717) is 22.9 Å². The molecule has 1 aliphatic rings. The largest absolute Gasteiger partial charge is 0.480 e. The van der Waals surface area contributed by atoms with Gasteiger partial charge in [-0.3, -0.25) is 14.4 Å². The molecule has 2 unspecified atom stereocenters. The molecule has 130 valence electrons. The third-order valence-electron chi connectivity index (χ3n) is 3.45. The number of thioether (sulfide) groups is 2. The standard InChI is InChI=1S/C16H20N2O4S2/c1-10(16(21)22)17-15(20)11-2-4-12(5-3-11)18-14(19)8-13-9-23-6-7-24-13/h2-5,10,13H,6-9H2,1H3,(H,17,20)(H,18,19)(H,21,22). The number of benzene rings is 1. The van der Waals surface area contributed by atoms with E-state index in [2.05, 4.69) is 10.6 Å². The molecule has 1 aromatic rings. The number of anilines is 1. The highest BCUT2D eigenvalue weighted by molar-refractivity contribution is 8.06. The van der Waals surface area contributed by atoms with Gasteiger partial charge in [-0.15, -0.1) is 0 Å². The number of hydrogen-bond acceptors (Lipinski definition) is 5. The van der Waals surface area contributed by atoms with E-state index in [-0.39, 0.29) is 5.91 Å². The molecular formula is C16H20N2O4S2. The van der Waals surface area contributed by atoms with Crippen LogP contribution in [0.3, 0.4) is 0 Å². The predicted octanol–water partition coefficient (Wildman–Crippen LogP) is 2.07. The first kappa shape index (κ1) is 18.7. The Kier molecular flexibility index (Phi) is 6.99. The SMILES string of the molecule is CC(NC(=O)c1ccc(NC(=O)CC2CSCCS2)cc1)C(=O)O. The molecule has 24 heavy (non-hydrogen) atoms. The third kappa shape index (κ3) is 5.76. The second-order valence-electron chi connectivity index (χ2n) is 5.43. The number of aliphatic carboxylic acids is 1. The van der Waals surface area contributed by atoms with Crippen LogP contribution in [0.5, 0.6) is 0 Å². The molecule has 0 radical (unpaired) electrons. The van der Waals surface area contributed by atoms with Gasteiger partial charge in [0.2, 0.25) is 5.91 Å². The zero-order valence-corrected chi connectivity index (χ0v) is 14.9. The van der Waals surface area contributed by atoms with Crippen molar-refractivity contribution in [2.75, 3.05) is 22.6 Å². The van der Waals surface area contributed by atoms with Crippen LogP contribution in [-0.2, 0) is 9.59 Å². The van der Waals surface area contributed by atoms with Crippen molar-refractivity contribution < 1.29 is 19.5 Å². The van der Waals surface area contributed by atoms with Crippen LogP contribution in [0.4, 0.5) is 5.69 Å². The molecule has 1 saturated heterocycles. The Morgan fingerprint density at radius 3 is 2.54 bits per heavy atom. The number of nitrogens with one attached hydrogen (secondary N) is 2. The van der Waals surface area contributed by atoms with Gasteiger partial charge < -0.3 is 15.7 Å². The first-order valence-corrected chi connectivity index (χ1v) is 9.79. The molecule has 3 N–H and O–H groups in total. The third-order valence-corrected chi connectivity index (χ3v) is 6.29. The molecule has 0 bridgehead atoms. The number of carboxylic acid groups (broad SMARTS) is 1. The van der Waals surface area contributed by atoms with Crippen LogP contribution in [0, 0.1) is 0 Å². The summed E-state index contributed by atoms with van der Waals surface area (Å²) < 4.78 is 0. The average molecular weight is 368 g/mol. The molecule has 1 fully saturated rings. The van der Waals surface area contributed by atoms with Crippen LogP contribution in [-0.4, -0.2) is 51.4 Å². The minimum atomic E-state index is -1.09. The van der Waals surface area contributed by atoms with E-state index < -0.39 is 17.9 Å². The second kappa shape index (κ2) is 8.98. The van der Waals surface area contributed by atoms with Gasteiger partial charge in [-0.1, -0.05) is 0 Å². The molecule has 1 aliphatic heterocycles. The molecule has 0 spiro atoms. The Hall–Kier alpha value is -1.67. The van der Waals surface area contributed by atoms with Gasteiger partial charge in [0, 0.05) is 40.2 Å². The fourth-order valence-corrected chi connectivity index (χ4v) is 4.80. The molecule has 2 amide bonds. The summed E-state index contributed by atoms with van der Waals surface area (Å²) >= 11 is 3.71. The fraction of sp³-hybridized carbons (Fsp3) is 0.438. The summed E-state index contributed by atoms with van der Waals surface area (Å²) in [7, 11) is 0. The van der Waals surface area contributed by atoms with Gasteiger partial charge in [0.15, 0.2) is 0 Å². The van der Waals surface area contributed by atoms with Crippen molar-refractivity contribution in [3.8, 4) is 0 Å². The Labute approximate surface area is 149 Å². The van der Waals surface area contributed by atoms with Crippen molar-refractivity contribution in [1.29, 1.82) is 0 Å². The predicted molar refractivity (Wildman–Crippen MR) is 97.8 cm³/mol. The number of amides is 2. The molecule has 8 heteroatoms. The first-order valence-electron chi connectivity index (χ1n) is 7.58. The van der Waals surface area contributed by atoms with Crippen molar-refractivity contribution >= 4 is 47.0 Å². The van der Waals surface area contributed by atoms with Gasteiger partial charge in [-0.05, 0) is 31.2 Å². The Balaban J connectivity index is 1.85. The van der Waals surface area contributed by atoms with E-state index in [4.69, 9.17) is 5.11 Å². The van der Waals surface area contributed by atoms with Gasteiger partial charge in [0.25, 0.3) is 5.91 Å². The summed E-state index contributed by atoms with van der Waals surface area (Å²) in [6.45, 7) is 1.40. The van der Waals surface area contributed by atoms with Crippen molar-refractivity contribution in [1.82, 2.24) is 5.32 Å². The molecule has 2 atom stereocenters. The van der Waals surface area contributed by atoms with E-state index in [1.165, 1.54) is 6.92 Å². The van der Waals surface area contributed by atoms with Gasteiger partial charge in [-0.2, -0.15) is 23.5 Å². The van der Waals surface area contributed by atoms with Crippen molar-refractivity contribution in [2.24, 2.45) is 0 Å². The lowest BCUT2D eigenvalue weighted by atomic mass is 10.1. The minimum Gasteiger partial charge on any atom is -0.480 e. The second-order valence-corrected chi connectivity index (χ2v) is 7.99. The zero-order chi connectivity index (χ0) is 17.5. The van der Waals surface area contributed by atoms with Crippen molar-refractivity contribution in [2.45, 2.75) is 24.6 Å². The topological polar surface area (TPSA) is 95.5 Å². The summed E-state index contributed by atoms with van der Waals surface area (Å²) in [5, 5.41) is 14.3. The van der Waals surface area contributed by atoms with E-state index in [9.17, 15) is 14.4 Å². The maximum absolute atomic E-state index is 12.0. The summed E-state index contributed by atoms with van der Waals surface area (Å²) in [6, 6.07) is 5.44. The lowest BCUT2D eigenvalue weighted by Gasteiger charge is -2.20. The van der Waals surface area contributed by atoms with E-state index >= 15 is 0 Å². The number of hydrogen-bond donors (Lipinski definition) is 3. The quantitative estimate of drug-likeness (QED) is 0.711. The monoisotopic (exact) mass is 368 g/mol. The number of carbonyl (C=O) groups excluding carboxylic acids is 2. The fourth-order valence-electron chi connectivity index (χ4n) is 2.12. The molecule has 0 aromatic heterocycles.